The van der Waals surface area contributed by atoms with Gasteiger partial charge in [-0.1, -0.05) is 41.7 Å². The molecule has 9 nitrogen and oxygen atoms in total. The van der Waals surface area contributed by atoms with Gasteiger partial charge in [0.2, 0.25) is 10.9 Å². The predicted octanol–water partition coefficient (Wildman–Crippen LogP) is 2.19. The first kappa shape index (κ1) is 22.2. The number of hydrogen-bond donors (Lipinski definition) is 2. The van der Waals surface area contributed by atoms with Crippen molar-refractivity contribution in [1.29, 1.82) is 0 Å². The highest BCUT2D eigenvalue weighted by atomic mass is 32.1. The molecular weight excluding hydrogens is 442 g/mol. The van der Waals surface area contributed by atoms with Crippen LogP contribution in [0.4, 0.5) is 0 Å². The van der Waals surface area contributed by atoms with Crippen LogP contribution in [0.3, 0.4) is 0 Å². The summed E-state index contributed by atoms with van der Waals surface area (Å²) in [6.45, 7) is 1.75. The van der Waals surface area contributed by atoms with E-state index < -0.39 is 23.6 Å². The second kappa shape index (κ2) is 9.21. The zero-order chi connectivity index (χ0) is 23.5. The van der Waals surface area contributed by atoms with Gasteiger partial charge >= 0.3 is 0 Å². The number of carbonyl (C=O) groups excluding carboxylic acids is 3. The number of benzene rings is 2. The van der Waals surface area contributed by atoms with Crippen LogP contribution in [0.25, 0.3) is 15.3 Å². The molecule has 0 spiro atoms. The lowest BCUT2D eigenvalue weighted by Crippen LogP contribution is -2.47. The largest absolute Gasteiger partial charge is 0.497 e. The van der Waals surface area contributed by atoms with Gasteiger partial charge in [0.15, 0.2) is 0 Å². The van der Waals surface area contributed by atoms with Gasteiger partial charge in [-0.15, -0.1) is 0 Å². The summed E-state index contributed by atoms with van der Waals surface area (Å²) in [5, 5.41) is 7.54. The quantitative estimate of drug-likeness (QED) is 0.386. The highest BCUT2D eigenvalue weighted by Gasteiger charge is 2.28. The Bertz CT molecular complexity index is 1350. The van der Waals surface area contributed by atoms with E-state index in [4.69, 9.17) is 10.5 Å². The number of carbonyl (C=O) groups is 3. The van der Waals surface area contributed by atoms with Crippen LogP contribution in [0.15, 0.2) is 54.6 Å². The van der Waals surface area contributed by atoms with Crippen molar-refractivity contribution >= 4 is 39.2 Å². The Morgan fingerprint density at radius 1 is 1.15 bits per heavy atom. The van der Waals surface area contributed by atoms with Gasteiger partial charge in [-0.3, -0.25) is 14.4 Å². The number of methoxy groups -OCH3 is 1. The van der Waals surface area contributed by atoms with Gasteiger partial charge < -0.3 is 15.8 Å². The number of fused-ring (bicyclic) bond motifs is 1. The Hall–Kier alpha value is -4.05. The van der Waals surface area contributed by atoms with Crippen molar-refractivity contribution in [3.8, 4) is 10.9 Å². The first-order valence-corrected chi connectivity index (χ1v) is 10.9. The number of rotatable bonds is 8. The molecule has 2 aromatic heterocycles. The fourth-order valence-corrected chi connectivity index (χ4v) is 4.34. The highest BCUT2D eigenvalue weighted by Crippen LogP contribution is 2.29. The summed E-state index contributed by atoms with van der Waals surface area (Å²) >= 11 is 1.35. The van der Waals surface area contributed by atoms with Gasteiger partial charge in [-0.2, -0.15) is 5.10 Å². The van der Waals surface area contributed by atoms with E-state index >= 15 is 0 Å². The molecule has 0 unspecified atom stereocenters. The molecule has 1 atom stereocenters. The van der Waals surface area contributed by atoms with Crippen molar-refractivity contribution in [2.24, 2.45) is 5.73 Å². The van der Waals surface area contributed by atoms with Gasteiger partial charge in [0.05, 0.1) is 23.0 Å². The van der Waals surface area contributed by atoms with Crippen LogP contribution in [0.1, 0.15) is 21.7 Å². The second-order valence-electron chi connectivity index (χ2n) is 7.36. The van der Waals surface area contributed by atoms with Crippen LogP contribution >= 0.6 is 11.3 Å². The Labute approximate surface area is 193 Å². The number of primary amides is 1. The number of hydrogen-bond acceptors (Lipinski definition) is 7. The highest BCUT2D eigenvalue weighted by molar-refractivity contribution is 7.20. The number of Topliss-reactive ketones (excluding diaryl/α,β-unsaturated/α-hetero) is 1. The van der Waals surface area contributed by atoms with Crippen LogP contribution in [0.2, 0.25) is 0 Å². The molecule has 0 aliphatic rings. The van der Waals surface area contributed by atoms with Crippen molar-refractivity contribution in [1.82, 2.24) is 20.1 Å². The maximum Gasteiger partial charge on any atom is 0.287 e. The van der Waals surface area contributed by atoms with Gasteiger partial charge in [-0.05, 0) is 36.8 Å². The summed E-state index contributed by atoms with van der Waals surface area (Å²) in [5.41, 5.74) is 7.52. The van der Waals surface area contributed by atoms with Crippen LogP contribution in [-0.4, -0.2) is 45.5 Å². The van der Waals surface area contributed by atoms with E-state index in [2.05, 4.69) is 15.4 Å². The third-order valence-electron chi connectivity index (χ3n) is 4.98. The number of amides is 2. The zero-order valence-electron chi connectivity index (χ0n) is 17.9. The van der Waals surface area contributed by atoms with Gasteiger partial charge in [0.1, 0.15) is 17.5 Å². The molecule has 168 valence electrons. The fourth-order valence-electron chi connectivity index (χ4n) is 3.38. The maximum absolute atomic E-state index is 13.2. The molecular formula is C23H21N5O4S. The molecule has 4 aromatic rings. The third kappa shape index (κ3) is 4.75. The smallest absolute Gasteiger partial charge is 0.287 e. The summed E-state index contributed by atoms with van der Waals surface area (Å²) in [6.07, 6.45) is 0.127. The van der Waals surface area contributed by atoms with E-state index in [9.17, 15) is 14.4 Å². The summed E-state index contributed by atoms with van der Waals surface area (Å²) in [4.78, 5) is 41.7. The standard InChI is InChI=1S/C23H21N5O4S/c1-13-10-18(28(27-13)23-26-16-9-8-15(32-2)12-19(16)33-23)22(31)25-17(20(29)21(24)30)11-14-6-4-3-5-7-14/h3-10,12,17H,11H2,1-2H3,(H2,24,30)(H,25,31)/t17-/m0/s1. The number of nitrogens with zero attached hydrogens (tertiary/aromatic N) is 3. The first-order valence-electron chi connectivity index (χ1n) is 10.1. The Morgan fingerprint density at radius 2 is 1.91 bits per heavy atom. The molecule has 3 N–H and O–H groups in total. The summed E-state index contributed by atoms with van der Waals surface area (Å²) < 4.78 is 7.56. The fraction of sp³-hybridized carbons (Fsp3) is 0.174. The molecule has 0 aliphatic carbocycles. The average Bonchev–Trinajstić information content (AvgIpc) is 3.41. The molecule has 10 heteroatoms. The molecule has 2 heterocycles. The van der Waals surface area contributed by atoms with Crippen molar-refractivity contribution < 1.29 is 19.1 Å². The van der Waals surface area contributed by atoms with Crippen LogP contribution in [0.5, 0.6) is 5.75 Å². The number of aryl methyl sites for hydroxylation is 1. The molecule has 2 amide bonds. The van der Waals surface area contributed by atoms with E-state index in [-0.39, 0.29) is 12.1 Å². The lowest BCUT2D eigenvalue weighted by molar-refractivity contribution is -0.137. The van der Waals surface area contributed by atoms with Crippen LogP contribution < -0.4 is 15.8 Å². The van der Waals surface area contributed by atoms with E-state index in [1.165, 1.54) is 16.0 Å². The third-order valence-corrected chi connectivity index (χ3v) is 5.97. The van der Waals surface area contributed by atoms with E-state index in [1.54, 1.807) is 38.3 Å². The van der Waals surface area contributed by atoms with Crippen molar-refractivity contribution in [2.45, 2.75) is 19.4 Å². The average molecular weight is 464 g/mol. The molecule has 2 aromatic carbocycles. The normalized spacial score (nSPS) is 11.8. The molecule has 33 heavy (non-hydrogen) atoms. The van der Waals surface area contributed by atoms with Crippen molar-refractivity contribution in [2.75, 3.05) is 7.11 Å². The van der Waals surface area contributed by atoms with E-state index in [1.807, 2.05) is 30.3 Å². The summed E-state index contributed by atoms with van der Waals surface area (Å²) in [5.74, 6) is -1.85. The minimum atomic E-state index is -1.11. The summed E-state index contributed by atoms with van der Waals surface area (Å²) in [7, 11) is 1.58. The number of ether oxygens (including phenoxy) is 1. The van der Waals surface area contributed by atoms with Gasteiger partial charge in [0, 0.05) is 6.42 Å². The van der Waals surface area contributed by atoms with Crippen LogP contribution in [-0.2, 0) is 16.0 Å². The molecule has 0 bridgehead atoms. The molecule has 4 rings (SSSR count). The zero-order valence-corrected chi connectivity index (χ0v) is 18.8. The summed E-state index contributed by atoms with van der Waals surface area (Å²) in [6, 6.07) is 15.0. The Kier molecular flexibility index (Phi) is 6.18. The Balaban J connectivity index is 1.65. The minimum absolute atomic E-state index is 0.127. The van der Waals surface area contributed by atoms with Crippen LogP contribution in [0, 0.1) is 6.92 Å². The number of ketones is 1. The topological polar surface area (TPSA) is 129 Å². The van der Waals surface area contributed by atoms with Crippen molar-refractivity contribution in [3.63, 3.8) is 0 Å². The number of nitrogens with two attached hydrogens (primary N) is 1. The monoisotopic (exact) mass is 463 g/mol. The second-order valence-corrected chi connectivity index (χ2v) is 8.37. The number of thiazole rings is 1. The van der Waals surface area contributed by atoms with E-state index in [0.717, 1.165) is 15.8 Å². The number of aromatic nitrogens is 3. The van der Waals surface area contributed by atoms with Gasteiger partial charge in [-0.25, -0.2) is 9.67 Å². The van der Waals surface area contributed by atoms with Crippen molar-refractivity contribution in [3.05, 3.63) is 71.5 Å². The molecule has 0 saturated heterocycles. The minimum Gasteiger partial charge on any atom is -0.497 e. The maximum atomic E-state index is 13.2. The SMILES string of the molecule is COc1ccc2nc(-n3nc(C)cc3C(=O)N[C@@H](Cc3ccccc3)C(=O)C(N)=O)sc2c1. The molecule has 0 fully saturated rings. The number of nitrogens with one attached hydrogen (secondary N) is 1. The Morgan fingerprint density at radius 3 is 2.61 bits per heavy atom. The molecule has 0 aliphatic heterocycles. The lowest BCUT2D eigenvalue weighted by atomic mass is 10.0. The van der Waals surface area contributed by atoms with Gasteiger partial charge in [0.25, 0.3) is 11.8 Å². The predicted molar refractivity (Wildman–Crippen MR) is 124 cm³/mol. The molecule has 0 saturated carbocycles. The molecule has 0 radical (unpaired) electrons. The lowest BCUT2D eigenvalue weighted by Gasteiger charge is -2.16. The van der Waals surface area contributed by atoms with E-state index in [0.29, 0.717) is 16.6 Å². The first-order chi connectivity index (χ1) is 15.9.